The van der Waals surface area contributed by atoms with Gasteiger partial charge in [-0.15, -0.1) is 0 Å². The molecule has 0 spiro atoms. The number of allylic oxidation sites excluding steroid dienone is 1. The lowest BCUT2D eigenvalue weighted by molar-refractivity contribution is -0.384. The molecule has 2 N–H and O–H groups in total. The van der Waals surface area contributed by atoms with Crippen molar-refractivity contribution in [2.24, 2.45) is 5.73 Å². The molecular weight excluding hydrogens is 562 g/mol. The number of fused-ring (bicyclic) bond motifs is 1. The zero-order valence-corrected chi connectivity index (χ0v) is 22.8. The molecular formula is C31H22ClN3O7. The smallest absolute Gasteiger partial charge is 0.345 e. The standard InChI is InChI=1S/C31H22ClN3O7/c1-39-28-13-19(7-12-26(28)40-17-18-5-3-2-4-6-18)29-22-10-9-21(15-27(22)42-30(34)24(29)16-33)41-31(36)23-14-20(35(37)38)8-11-25(23)32/h2-15,29H,17,34H2,1H3. The second-order valence-electron chi connectivity index (χ2n) is 9.12. The van der Waals surface area contributed by atoms with Crippen LogP contribution < -0.4 is 24.7 Å². The maximum atomic E-state index is 12.8. The van der Waals surface area contributed by atoms with E-state index in [0.717, 1.165) is 11.6 Å². The first kappa shape index (κ1) is 28.0. The van der Waals surface area contributed by atoms with Gasteiger partial charge in [0.2, 0.25) is 5.88 Å². The number of halogens is 1. The molecule has 0 radical (unpaired) electrons. The Bertz CT molecular complexity index is 1770. The molecule has 210 valence electrons. The summed E-state index contributed by atoms with van der Waals surface area (Å²) in [4.78, 5) is 23.3. The maximum absolute atomic E-state index is 12.8. The van der Waals surface area contributed by atoms with Crippen LogP contribution in [0.1, 0.15) is 33.0 Å². The third kappa shape index (κ3) is 5.68. The first-order valence-electron chi connectivity index (χ1n) is 12.5. The predicted octanol–water partition coefficient (Wildman–Crippen LogP) is 6.27. The average Bonchev–Trinajstić information content (AvgIpc) is 2.99. The van der Waals surface area contributed by atoms with Gasteiger partial charge in [0.05, 0.1) is 28.5 Å². The van der Waals surface area contributed by atoms with Crippen LogP contribution >= 0.6 is 11.6 Å². The largest absolute Gasteiger partial charge is 0.493 e. The van der Waals surface area contributed by atoms with Gasteiger partial charge in [0.1, 0.15) is 29.7 Å². The van der Waals surface area contributed by atoms with Crippen molar-refractivity contribution in [2.75, 3.05) is 7.11 Å². The molecule has 0 saturated heterocycles. The number of nitriles is 1. The Balaban J connectivity index is 1.44. The summed E-state index contributed by atoms with van der Waals surface area (Å²) < 4.78 is 22.7. The average molecular weight is 584 g/mol. The van der Waals surface area contributed by atoms with E-state index in [-0.39, 0.29) is 39.2 Å². The summed E-state index contributed by atoms with van der Waals surface area (Å²) >= 11 is 6.08. The molecule has 1 aliphatic heterocycles. The Kier molecular flexibility index (Phi) is 7.95. The zero-order chi connectivity index (χ0) is 29.8. The molecule has 5 rings (SSSR count). The summed E-state index contributed by atoms with van der Waals surface area (Å²) in [6, 6.07) is 25.2. The van der Waals surface area contributed by atoms with Crippen LogP contribution in [0.2, 0.25) is 5.02 Å². The van der Waals surface area contributed by atoms with Gasteiger partial charge in [-0.05, 0) is 35.4 Å². The van der Waals surface area contributed by atoms with Crippen LogP contribution in [0.4, 0.5) is 5.69 Å². The lowest BCUT2D eigenvalue weighted by Gasteiger charge is -2.27. The molecule has 4 aromatic carbocycles. The highest BCUT2D eigenvalue weighted by atomic mass is 35.5. The van der Waals surface area contributed by atoms with Crippen LogP contribution in [-0.4, -0.2) is 18.0 Å². The number of rotatable bonds is 8. The van der Waals surface area contributed by atoms with E-state index in [1.807, 2.05) is 36.4 Å². The molecule has 1 atom stereocenters. The van der Waals surface area contributed by atoms with Gasteiger partial charge in [-0.2, -0.15) is 5.26 Å². The van der Waals surface area contributed by atoms with Crippen molar-refractivity contribution in [2.45, 2.75) is 12.5 Å². The highest BCUT2D eigenvalue weighted by molar-refractivity contribution is 6.33. The van der Waals surface area contributed by atoms with E-state index < -0.39 is 16.8 Å². The van der Waals surface area contributed by atoms with Gasteiger partial charge in [0.15, 0.2) is 11.5 Å². The van der Waals surface area contributed by atoms with E-state index in [2.05, 4.69) is 6.07 Å². The van der Waals surface area contributed by atoms with Crippen LogP contribution in [0.25, 0.3) is 0 Å². The fourth-order valence-electron chi connectivity index (χ4n) is 4.51. The summed E-state index contributed by atoms with van der Waals surface area (Å²) in [6.45, 7) is 0.343. The summed E-state index contributed by atoms with van der Waals surface area (Å²) in [6.07, 6.45) is 0. The van der Waals surface area contributed by atoms with Gasteiger partial charge in [0, 0.05) is 23.8 Å². The van der Waals surface area contributed by atoms with Crippen LogP contribution in [0, 0.1) is 21.4 Å². The van der Waals surface area contributed by atoms with Gasteiger partial charge in [-0.25, -0.2) is 4.79 Å². The fraction of sp³-hybridized carbons (Fsp3) is 0.0968. The first-order chi connectivity index (χ1) is 20.3. The van der Waals surface area contributed by atoms with Gasteiger partial charge < -0.3 is 24.7 Å². The van der Waals surface area contributed by atoms with Crippen LogP contribution in [0.15, 0.2) is 96.4 Å². The van der Waals surface area contributed by atoms with E-state index in [9.17, 15) is 20.2 Å². The Hall–Kier alpha value is -5.53. The summed E-state index contributed by atoms with van der Waals surface area (Å²) in [5.74, 6) is -0.295. The van der Waals surface area contributed by atoms with Gasteiger partial charge in [-0.1, -0.05) is 54.1 Å². The minimum Gasteiger partial charge on any atom is -0.493 e. The highest BCUT2D eigenvalue weighted by Gasteiger charge is 2.32. The van der Waals surface area contributed by atoms with Crippen molar-refractivity contribution in [1.82, 2.24) is 0 Å². The molecule has 0 aliphatic carbocycles. The number of nitrogens with two attached hydrogens (primary N) is 1. The third-order valence-corrected chi connectivity index (χ3v) is 6.87. The number of esters is 1. The number of non-ortho nitro benzene ring substituents is 1. The Morgan fingerprint density at radius 2 is 1.86 bits per heavy atom. The molecule has 0 bridgehead atoms. The van der Waals surface area contributed by atoms with Gasteiger partial charge in [-0.3, -0.25) is 10.1 Å². The Morgan fingerprint density at radius 3 is 2.57 bits per heavy atom. The minimum atomic E-state index is -0.895. The van der Waals surface area contributed by atoms with Crippen molar-refractivity contribution in [3.05, 3.63) is 134 Å². The lowest BCUT2D eigenvalue weighted by atomic mass is 9.83. The molecule has 10 nitrogen and oxygen atoms in total. The number of nitro groups is 1. The van der Waals surface area contributed by atoms with E-state index in [0.29, 0.717) is 29.2 Å². The topological polar surface area (TPSA) is 147 Å². The van der Waals surface area contributed by atoms with Crippen LogP contribution in [-0.2, 0) is 6.61 Å². The van der Waals surface area contributed by atoms with Crippen molar-refractivity contribution >= 4 is 23.3 Å². The Labute approximate surface area is 245 Å². The SMILES string of the molecule is COc1cc(C2C(C#N)=C(N)Oc3cc(OC(=O)c4cc([N+](=O)[O-])ccc4Cl)ccc32)ccc1OCc1ccccc1. The number of hydrogen-bond donors (Lipinski definition) is 1. The molecule has 0 fully saturated rings. The molecule has 0 amide bonds. The molecule has 42 heavy (non-hydrogen) atoms. The van der Waals surface area contributed by atoms with E-state index in [1.165, 1.54) is 31.4 Å². The highest BCUT2D eigenvalue weighted by Crippen LogP contribution is 2.45. The van der Waals surface area contributed by atoms with Gasteiger partial charge >= 0.3 is 5.97 Å². The molecule has 0 aromatic heterocycles. The van der Waals surface area contributed by atoms with Crippen molar-refractivity contribution in [3.63, 3.8) is 0 Å². The van der Waals surface area contributed by atoms with Crippen LogP contribution in [0.3, 0.4) is 0 Å². The zero-order valence-electron chi connectivity index (χ0n) is 22.1. The second-order valence-corrected chi connectivity index (χ2v) is 9.53. The van der Waals surface area contributed by atoms with Crippen molar-refractivity contribution < 1.29 is 28.7 Å². The molecule has 11 heteroatoms. The number of nitrogens with zero attached hydrogens (tertiary/aromatic N) is 2. The number of benzene rings is 4. The number of ether oxygens (including phenoxy) is 4. The third-order valence-electron chi connectivity index (χ3n) is 6.54. The van der Waals surface area contributed by atoms with Gasteiger partial charge in [0.25, 0.3) is 5.69 Å². The first-order valence-corrected chi connectivity index (χ1v) is 12.9. The monoisotopic (exact) mass is 583 g/mol. The van der Waals surface area contributed by atoms with E-state index >= 15 is 0 Å². The summed E-state index contributed by atoms with van der Waals surface area (Å²) in [5, 5.41) is 21.1. The van der Waals surface area contributed by atoms with E-state index in [1.54, 1.807) is 18.2 Å². The predicted molar refractivity (Wildman–Crippen MR) is 153 cm³/mol. The summed E-state index contributed by atoms with van der Waals surface area (Å²) in [5.41, 5.74) is 8.13. The van der Waals surface area contributed by atoms with E-state index in [4.69, 9.17) is 36.3 Å². The maximum Gasteiger partial charge on any atom is 0.345 e. The number of carbonyl (C=O) groups excluding carboxylic acids is 1. The molecule has 1 heterocycles. The fourth-order valence-corrected chi connectivity index (χ4v) is 4.70. The number of methoxy groups -OCH3 is 1. The van der Waals surface area contributed by atoms with Crippen LogP contribution in [0.5, 0.6) is 23.0 Å². The molecule has 1 aliphatic rings. The quantitative estimate of drug-likeness (QED) is 0.110. The number of hydrogen-bond acceptors (Lipinski definition) is 9. The Morgan fingerprint density at radius 1 is 1.07 bits per heavy atom. The normalized spacial score (nSPS) is 13.8. The minimum absolute atomic E-state index is 0.00384. The lowest BCUT2D eigenvalue weighted by Crippen LogP contribution is -2.21. The second kappa shape index (κ2) is 11.9. The number of carbonyl (C=O) groups is 1. The molecule has 1 unspecified atom stereocenters. The van der Waals surface area contributed by atoms with Crippen molar-refractivity contribution in [3.8, 4) is 29.1 Å². The number of nitro benzene ring substituents is 1. The molecule has 0 saturated carbocycles. The summed E-state index contributed by atoms with van der Waals surface area (Å²) in [7, 11) is 1.52. The van der Waals surface area contributed by atoms with Crippen molar-refractivity contribution in [1.29, 1.82) is 5.26 Å². The molecule has 4 aromatic rings.